The van der Waals surface area contributed by atoms with Crippen LogP contribution in [0.5, 0.6) is 0 Å². The highest BCUT2D eigenvalue weighted by molar-refractivity contribution is 5.27. The van der Waals surface area contributed by atoms with Gasteiger partial charge in [-0.2, -0.15) is 0 Å². The van der Waals surface area contributed by atoms with Crippen molar-refractivity contribution in [2.45, 2.75) is 38.6 Å². The van der Waals surface area contributed by atoms with Gasteiger partial charge in [0, 0.05) is 18.3 Å². The van der Waals surface area contributed by atoms with E-state index in [2.05, 4.69) is 0 Å². The number of pyridine rings is 1. The van der Waals surface area contributed by atoms with Crippen LogP contribution in [0, 0.1) is 0 Å². The number of hydrogen-bond acceptors (Lipinski definition) is 2. The van der Waals surface area contributed by atoms with E-state index in [1.54, 1.807) is 6.07 Å². The van der Waals surface area contributed by atoms with Crippen molar-refractivity contribution in [3.05, 3.63) is 33.7 Å². The van der Waals surface area contributed by atoms with Gasteiger partial charge >= 0.3 is 0 Å². The molecule has 0 atom stereocenters. The zero-order valence-corrected chi connectivity index (χ0v) is 9.42. The molecule has 0 aromatic carbocycles. The van der Waals surface area contributed by atoms with Crippen molar-refractivity contribution in [2.75, 3.05) is 6.54 Å². The van der Waals surface area contributed by atoms with Crippen LogP contribution in [-0.4, -0.2) is 11.1 Å². The third-order valence-electron chi connectivity index (χ3n) is 3.25. The highest BCUT2D eigenvalue weighted by Gasteiger charge is 2.25. The lowest BCUT2D eigenvalue weighted by atomic mass is 10.0. The molecule has 2 rings (SSSR count). The van der Waals surface area contributed by atoms with Gasteiger partial charge in [0.2, 0.25) is 0 Å². The largest absolute Gasteiger partial charge is 0.328 e. The van der Waals surface area contributed by atoms with Crippen molar-refractivity contribution < 1.29 is 0 Å². The van der Waals surface area contributed by atoms with Crippen molar-refractivity contribution in [3.8, 4) is 0 Å². The first kappa shape index (κ1) is 10.4. The van der Waals surface area contributed by atoms with Gasteiger partial charge in [0.05, 0.1) is 5.54 Å². The summed E-state index contributed by atoms with van der Waals surface area (Å²) in [6.45, 7) is 4.53. The summed E-state index contributed by atoms with van der Waals surface area (Å²) in [5.74, 6) is 0. The maximum absolute atomic E-state index is 11.9. The van der Waals surface area contributed by atoms with Crippen molar-refractivity contribution in [3.63, 3.8) is 0 Å². The van der Waals surface area contributed by atoms with Crippen molar-refractivity contribution in [1.29, 1.82) is 0 Å². The number of aryl methyl sites for hydroxylation is 1. The molecule has 0 radical (unpaired) electrons. The minimum atomic E-state index is -0.271. The third-order valence-corrected chi connectivity index (χ3v) is 3.25. The maximum atomic E-state index is 11.9. The lowest BCUT2D eigenvalue weighted by Gasteiger charge is -2.28. The fourth-order valence-corrected chi connectivity index (χ4v) is 2.32. The summed E-state index contributed by atoms with van der Waals surface area (Å²) in [5, 5.41) is 0. The van der Waals surface area contributed by atoms with Crippen molar-refractivity contribution in [1.82, 2.24) is 4.57 Å². The Bertz CT molecular complexity index is 432. The van der Waals surface area contributed by atoms with Crippen LogP contribution in [0.2, 0.25) is 0 Å². The third kappa shape index (κ3) is 1.61. The molecule has 1 aromatic heterocycles. The number of nitrogens with two attached hydrogens (primary N) is 1. The van der Waals surface area contributed by atoms with E-state index in [9.17, 15) is 4.79 Å². The summed E-state index contributed by atoms with van der Waals surface area (Å²) in [5.41, 5.74) is 8.05. The molecule has 0 amide bonds. The molecule has 0 aliphatic heterocycles. The van der Waals surface area contributed by atoms with E-state index >= 15 is 0 Å². The van der Waals surface area contributed by atoms with Gasteiger partial charge in [-0.25, -0.2) is 0 Å². The quantitative estimate of drug-likeness (QED) is 0.785. The van der Waals surface area contributed by atoms with Gasteiger partial charge in [-0.15, -0.1) is 0 Å². The number of nitrogens with zero attached hydrogens (tertiary/aromatic N) is 1. The van der Waals surface area contributed by atoms with E-state index in [-0.39, 0.29) is 11.1 Å². The zero-order chi connectivity index (χ0) is 11.1. The second-order valence-electron chi connectivity index (χ2n) is 4.85. The smallest absolute Gasteiger partial charge is 0.251 e. The summed E-state index contributed by atoms with van der Waals surface area (Å²) in [6.07, 6.45) is 3.25. The zero-order valence-electron chi connectivity index (χ0n) is 9.42. The van der Waals surface area contributed by atoms with Gasteiger partial charge in [0.15, 0.2) is 0 Å². The molecule has 2 N–H and O–H groups in total. The molecule has 0 bridgehead atoms. The first-order valence-electron chi connectivity index (χ1n) is 5.50. The van der Waals surface area contributed by atoms with Gasteiger partial charge in [0.25, 0.3) is 5.56 Å². The van der Waals surface area contributed by atoms with Crippen LogP contribution in [0.15, 0.2) is 16.9 Å². The molecular formula is C12H18N2O. The molecule has 1 aromatic rings. The topological polar surface area (TPSA) is 48.0 Å². The Morgan fingerprint density at radius 3 is 2.80 bits per heavy atom. The van der Waals surface area contributed by atoms with Crippen molar-refractivity contribution >= 4 is 0 Å². The molecule has 0 unspecified atom stereocenters. The number of hydrogen-bond donors (Lipinski definition) is 1. The van der Waals surface area contributed by atoms with Gasteiger partial charge < -0.3 is 10.3 Å². The first-order chi connectivity index (χ1) is 7.06. The lowest BCUT2D eigenvalue weighted by molar-refractivity contribution is 0.345. The van der Waals surface area contributed by atoms with Gasteiger partial charge in [-0.1, -0.05) is 6.07 Å². The van der Waals surface area contributed by atoms with Gasteiger partial charge in [-0.3, -0.25) is 4.79 Å². The van der Waals surface area contributed by atoms with Gasteiger partial charge in [0.1, 0.15) is 0 Å². The first-order valence-corrected chi connectivity index (χ1v) is 5.50. The Kier molecular flexibility index (Phi) is 2.43. The number of aromatic nitrogens is 1. The van der Waals surface area contributed by atoms with E-state index < -0.39 is 0 Å². The highest BCUT2D eigenvalue weighted by atomic mass is 16.1. The van der Waals surface area contributed by atoms with Crippen LogP contribution in [0.25, 0.3) is 0 Å². The molecule has 3 nitrogen and oxygen atoms in total. The van der Waals surface area contributed by atoms with Crippen LogP contribution in [0.1, 0.15) is 31.5 Å². The molecule has 0 spiro atoms. The number of rotatable bonds is 2. The van der Waals surface area contributed by atoms with Crippen LogP contribution >= 0.6 is 0 Å². The molecule has 0 saturated heterocycles. The average molecular weight is 206 g/mol. The summed E-state index contributed by atoms with van der Waals surface area (Å²) < 4.78 is 1.88. The lowest BCUT2D eigenvalue weighted by Crippen LogP contribution is -2.43. The summed E-state index contributed by atoms with van der Waals surface area (Å²) in [6, 6.07) is 3.63. The summed E-state index contributed by atoms with van der Waals surface area (Å²) in [4.78, 5) is 11.9. The molecule has 3 heteroatoms. The molecular weight excluding hydrogens is 188 g/mol. The van der Waals surface area contributed by atoms with Crippen molar-refractivity contribution in [2.24, 2.45) is 5.73 Å². The van der Waals surface area contributed by atoms with Gasteiger partial charge in [-0.05, 0) is 38.7 Å². The van der Waals surface area contributed by atoms with Crippen LogP contribution in [-0.2, 0) is 18.4 Å². The molecule has 1 aliphatic rings. The molecule has 1 aliphatic carbocycles. The van der Waals surface area contributed by atoms with E-state index in [0.717, 1.165) is 19.3 Å². The van der Waals surface area contributed by atoms with Crippen LogP contribution in [0.4, 0.5) is 0 Å². The van der Waals surface area contributed by atoms with E-state index in [0.29, 0.717) is 6.54 Å². The Balaban J connectivity index is 2.65. The minimum Gasteiger partial charge on any atom is -0.328 e. The fourth-order valence-electron chi connectivity index (χ4n) is 2.32. The predicted octanol–water partition coefficient (Wildman–Crippen LogP) is 1.03. The van der Waals surface area contributed by atoms with E-state index in [1.807, 2.05) is 24.5 Å². The molecule has 1 heterocycles. The second-order valence-corrected chi connectivity index (χ2v) is 4.85. The SMILES string of the molecule is CC(C)(CN)n1c2c(ccc1=O)CCC2. The maximum Gasteiger partial charge on any atom is 0.251 e. The normalized spacial score (nSPS) is 15.4. The standard InChI is InChI=1S/C12H18N2O/c1-12(2,8-13)14-10-5-3-4-9(10)6-7-11(14)15/h6-7H,3-5,8,13H2,1-2H3. The molecule has 0 saturated carbocycles. The Morgan fingerprint density at radius 1 is 1.40 bits per heavy atom. The predicted molar refractivity (Wildman–Crippen MR) is 61.1 cm³/mol. The fraction of sp³-hybridized carbons (Fsp3) is 0.583. The molecule has 82 valence electrons. The summed E-state index contributed by atoms with van der Waals surface area (Å²) in [7, 11) is 0. The molecule has 0 fully saturated rings. The number of fused-ring (bicyclic) bond motifs is 1. The Hall–Kier alpha value is -1.09. The summed E-state index contributed by atoms with van der Waals surface area (Å²) >= 11 is 0. The second kappa shape index (κ2) is 3.49. The van der Waals surface area contributed by atoms with E-state index in [1.165, 1.54) is 11.3 Å². The average Bonchev–Trinajstić information content (AvgIpc) is 2.64. The highest BCUT2D eigenvalue weighted by Crippen LogP contribution is 2.24. The monoisotopic (exact) mass is 206 g/mol. The minimum absolute atomic E-state index is 0.0751. The Morgan fingerprint density at radius 2 is 2.13 bits per heavy atom. The van der Waals surface area contributed by atoms with Crippen LogP contribution in [0.3, 0.4) is 0 Å². The Labute approximate surface area is 89.9 Å². The molecule has 15 heavy (non-hydrogen) atoms. The van der Waals surface area contributed by atoms with Crippen LogP contribution < -0.4 is 11.3 Å². The van der Waals surface area contributed by atoms with E-state index in [4.69, 9.17) is 5.73 Å².